The number of carbonyl (C=O) groups excluding carboxylic acids is 1. The van der Waals surface area contributed by atoms with Gasteiger partial charge in [-0.3, -0.25) is 0 Å². The zero-order valence-corrected chi connectivity index (χ0v) is 9.79. The number of carboxylic acids is 1. The largest absolute Gasteiger partial charge is 0.480 e. The average molecular weight is 238 g/mol. The molecule has 3 aliphatic carbocycles. The van der Waals surface area contributed by atoms with E-state index in [0.29, 0.717) is 24.8 Å². The Kier molecular flexibility index (Phi) is 2.15. The van der Waals surface area contributed by atoms with E-state index >= 15 is 0 Å². The first-order valence-corrected chi connectivity index (χ1v) is 6.36. The fraction of sp³-hybridized carbons (Fsp3) is 0.833. The lowest BCUT2D eigenvalue weighted by Gasteiger charge is -2.17. The number of urea groups is 1. The molecule has 0 aliphatic heterocycles. The Bertz CT molecular complexity index is 368. The highest BCUT2D eigenvalue weighted by Gasteiger charge is 2.54. The van der Waals surface area contributed by atoms with Crippen molar-refractivity contribution in [3.8, 4) is 0 Å². The lowest BCUT2D eigenvalue weighted by atomic mass is 10.0. The molecule has 0 aromatic heterocycles. The minimum Gasteiger partial charge on any atom is -0.480 e. The van der Waals surface area contributed by atoms with Crippen molar-refractivity contribution >= 4 is 12.0 Å². The smallest absolute Gasteiger partial charge is 0.329 e. The highest BCUT2D eigenvalue weighted by atomic mass is 16.4. The molecule has 94 valence electrons. The molecule has 0 bridgehead atoms. The molecule has 0 radical (unpaired) electrons. The maximum atomic E-state index is 11.6. The van der Waals surface area contributed by atoms with Gasteiger partial charge < -0.3 is 15.7 Å². The van der Waals surface area contributed by atoms with Crippen LogP contribution in [0.4, 0.5) is 4.79 Å². The van der Waals surface area contributed by atoms with Crippen molar-refractivity contribution < 1.29 is 14.7 Å². The summed E-state index contributed by atoms with van der Waals surface area (Å²) >= 11 is 0. The number of hydrogen-bond donors (Lipinski definition) is 3. The van der Waals surface area contributed by atoms with Crippen molar-refractivity contribution in [2.24, 2.45) is 11.3 Å². The Hall–Kier alpha value is -1.26. The summed E-state index contributed by atoms with van der Waals surface area (Å²) in [5.41, 5.74) is -0.613. The molecule has 0 aromatic rings. The molecule has 0 atom stereocenters. The molecular weight excluding hydrogens is 220 g/mol. The van der Waals surface area contributed by atoms with Gasteiger partial charge in [-0.2, -0.15) is 0 Å². The Morgan fingerprint density at radius 2 is 1.82 bits per heavy atom. The molecule has 2 amide bonds. The normalized spacial score (nSPS) is 27.1. The van der Waals surface area contributed by atoms with Gasteiger partial charge in [-0.05, 0) is 49.9 Å². The minimum absolute atomic E-state index is 0.322. The van der Waals surface area contributed by atoms with Crippen molar-refractivity contribution in [2.75, 3.05) is 6.54 Å². The monoisotopic (exact) mass is 238 g/mol. The van der Waals surface area contributed by atoms with Crippen LogP contribution in [0.3, 0.4) is 0 Å². The fourth-order valence-electron chi connectivity index (χ4n) is 2.62. The number of amides is 2. The summed E-state index contributed by atoms with van der Waals surface area (Å²) in [5, 5.41) is 14.4. The molecule has 3 saturated carbocycles. The number of aliphatic carboxylic acids is 1. The maximum absolute atomic E-state index is 11.6. The first-order chi connectivity index (χ1) is 8.06. The van der Waals surface area contributed by atoms with Crippen molar-refractivity contribution in [1.82, 2.24) is 10.6 Å². The van der Waals surface area contributed by atoms with Gasteiger partial charge in [-0.25, -0.2) is 9.59 Å². The van der Waals surface area contributed by atoms with Gasteiger partial charge in [0.25, 0.3) is 0 Å². The zero-order valence-electron chi connectivity index (χ0n) is 9.79. The van der Waals surface area contributed by atoms with E-state index in [-0.39, 0.29) is 6.03 Å². The van der Waals surface area contributed by atoms with E-state index in [0.717, 1.165) is 5.92 Å². The summed E-state index contributed by atoms with van der Waals surface area (Å²) in [6.45, 7) is 0.708. The van der Waals surface area contributed by atoms with Crippen LogP contribution in [-0.2, 0) is 4.79 Å². The first-order valence-electron chi connectivity index (χ1n) is 6.36. The van der Waals surface area contributed by atoms with E-state index in [1.807, 2.05) is 0 Å². The quantitative estimate of drug-likeness (QED) is 0.671. The molecule has 3 aliphatic rings. The molecule has 0 aromatic carbocycles. The Morgan fingerprint density at radius 3 is 2.24 bits per heavy atom. The second-order valence-corrected chi connectivity index (χ2v) is 5.83. The van der Waals surface area contributed by atoms with Crippen LogP contribution >= 0.6 is 0 Å². The molecule has 3 fully saturated rings. The van der Waals surface area contributed by atoms with Crippen molar-refractivity contribution in [3.63, 3.8) is 0 Å². The van der Waals surface area contributed by atoms with Crippen LogP contribution in [-0.4, -0.2) is 29.2 Å². The van der Waals surface area contributed by atoms with E-state index in [1.54, 1.807) is 0 Å². The third-order valence-electron chi connectivity index (χ3n) is 4.45. The van der Waals surface area contributed by atoms with Crippen LogP contribution in [0, 0.1) is 11.3 Å². The molecule has 0 spiro atoms. The van der Waals surface area contributed by atoms with Crippen LogP contribution in [0.2, 0.25) is 0 Å². The lowest BCUT2D eigenvalue weighted by Crippen LogP contribution is -2.49. The Morgan fingerprint density at radius 1 is 1.18 bits per heavy atom. The van der Waals surface area contributed by atoms with Crippen LogP contribution in [0.1, 0.15) is 38.5 Å². The molecule has 17 heavy (non-hydrogen) atoms. The van der Waals surface area contributed by atoms with E-state index in [1.165, 1.54) is 25.7 Å². The van der Waals surface area contributed by atoms with Crippen LogP contribution in [0.25, 0.3) is 0 Å². The average Bonchev–Trinajstić information content (AvgIpc) is 3.11. The van der Waals surface area contributed by atoms with Crippen molar-refractivity contribution in [2.45, 2.75) is 44.1 Å². The van der Waals surface area contributed by atoms with Crippen LogP contribution in [0.15, 0.2) is 0 Å². The molecule has 5 heteroatoms. The molecule has 3 N–H and O–H groups in total. The van der Waals surface area contributed by atoms with Crippen LogP contribution in [0.5, 0.6) is 0 Å². The van der Waals surface area contributed by atoms with Gasteiger partial charge in [0.15, 0.2) is 0 Å². The second kappa shape index (κ2) is 3.37. The lowest BCUT2D eigenvalue weighted by molar-refractivity contribution is -0.140. The fourth-order valence-corrected chi connectivity index (χ4v) is 2.62. The number of nitrogens with one attached hydrogen (secondary N) is 2. The molecular formula is C12H18N2O3. The molecule has 0 heterocycles. The first kappa shape index (κ1) is 10.9. The van der Waals surface area contributed by atoms with Gasteiger partial charge in [-0.15, -0.1) is 0 Å². The van der Waals surface area contributed by atoms with E-state index in [9.17, 15) is 9.59 Å². The van der Waals surface area contributed by atoms with Gasteiger partial charge in [0.2, 0.25) is 0 Å². The highest BCUT2D eigenvalue weighted by Crippen LogP contribution is 2.60. The SMILES string of the molecule is O=C(NCC1(C2CC2)CC1)NC1(C(=O)O)CC1. The summed E-state index contributed by atoms with van der Waals surface area (Å²) < 4.78 is 0. The van der Waals surface area contributed by atoms with Gasteiger partial charge in [0.1, 0.15) is 5.54 Å². The third kappa shape index (κ3) is 1.98. The molecule has 0 saturated heterocycles. The standard InChI is InChI=1S/C12H18N2O3/c15-9(16)12(5-6-12)14-10(17)13-7-11(3-4-11)8-1-2-8/h8H,1-7H2,(H,15,16)(H2,13,14,17). The summed E-state index contributed by atoms with van der Waals surface area (Å²) in [6, 6.07) is -0.322. The predicted octanol–water partition coefficient (Wildman–Crippen LogP) is 1.09. The Labute approximate surface area is 100.0 Å². The second-order valence-electron chi connectivity index (χ2n) is 5.83. The number of rotatable bonds is 5. The molecule has 5 nitrogen and oxygen atoms in total. The summed E-state index contributed by atoms with van der Waals surface area (Å²) in [4.78, 5) is 22.5. The summed E-state index contributed by atoms with van der Waals surface area (Å²) in [6.07, 6.45) is 6.10. The van der Waals surface area contributed by atoms with Gasteiger partial charge >= 0.3 is 12.0 Å². The molecule has 0 unspecified atom stereocenters. The van der Waals surface area contributed by atoms with Crippen molar-refractivity contribution in [3.05, 3.63) is 0 Å². The molecule has 3 rings (SSSR count). The van der Waals surface area contributed by atoms with E-state index in [4.69, 9.17) is 5.11 Å². The summed E-state index contributed by atoms with van der Waals surface area (Å²) in [5.74, 6) is -0.117. The van der Waals surface area contributed by atoms with E-state index < -0.39 is 11.5 Å². The van der Waals surface area contributed by atoms with Crippen LogP contribution < -0.4 is 10.6 Å². The van der Waals surface area contributed by atoms with E-state index in [2.05, 4.69) is 10.6 Å². The zero-order chi connectivity index (χ0) is 12.1. The Balaban J connectivity index is 1.46. The minimum atomic E-state index is -0.972. The van der Waals surface area contributed by atoms with Crippen molar-refractivity contribution in [1.29, 1.82) is 0 Å². The van der Waals surface area contributed by atoms with Gasteiger partial charge in [-0.1, -0.05) is 0 Å². The van der Waals surface area contributed by atoms with Gasteiger partial charge in [0.05, 0.1) is 0 Å². The number of carbonyl (C=O) groups is 2. The third-order valence-corrected chi connectivity index (χ3v) is 4.45. The predicted molar refractivity (Wildman–Crippen MR) is 60.5 cm³/mol. The van der Waals surface area contributed by atoms with Gasteiger partial charge in [0, 0.05) is 6.54 Å². The number of carboxylic acid groups (broad SMARTS) is 1. The topological polar surface area (TPSA) is 78.4 Å². The summed E-state index contributed by atoms with van der Waals surface area (Å²) in [7, 11) is 0. The number of hydrogen-bond acceptors (Lipinski definition) is 2. The maximum Gasteiger partial charge on any atom is 0.329 e. The highest BCUT2D eigenvalue weighted by molar-refractivity contribution is 5.88.